The standard InChI is InChI=1S/C18H29N7O/c1-4-9-19-15-14-16(21-12-20-15)23-18(22-14)25-10-7-8-13(11-25)17(26)24(5-2)6-3/h12-13H,4-11H2,1-3H3,(H2,19,20,21,22,23). The average Bonchev–Trinajstić information content (AvgIpc) is 3.12. The summed E-state index contributed by atoms with van der Waals surface area (Å²) in [6, 6.07) is 0. The van der Waals surface area contributed by atoms with Crippen molar-refractivity contribution in [1.82, 2.24) is 24.8 Å². The lowest BCUT2D eigenvalue weighted by Gasteiger charge is -2.34. The molecule has 1 fully saturated rings. The van der Waals surface area contributed by atoms with E-state index in [1.165, 1.54) is 6.33 Å². The number of hydrogen-bond donors (Lipinski definition) is 2. The zero-order chi connectivity index (χ0) is 18.5. The molecule has 1 unspecified atom stereocenters. The zero-order valence-electron chi connectivity index (χ0n) is 16.0. The van der Waals surface area contributed by atoms with Gasteiger partial charge in [0.25, 0.3) is 0 Å². The van der Waals surface area contributed by atoms with Gasteiger partial charge in [-0.15, -0.1) is 0 Å². The Morgan fingerprint density at radius 3 is 2.88 bits per heavy atom. The maximum atomic E-state index is 12.7. The number of carbonyl (C=O) groups excluding carboxylic acids is 1. The molecule has 0 spiro atoms. The minimum atomic E-state index is 0.0284. The van der Waals surface area contributed by atoms with Gasteiger partial charge < -0.3 is 20.1 Å². The second-order valence-corrected chi connectivity index (χ2v) is 6.70. The van der Waals surface area contributed by atoms with E-state index in [4.69, 9.17) is 0 Å². The van der Waals surface area contributed by atoms with E-state index in [2.05, 4.69) is 37.1 Å². The molecule has 3 rings (SSSR count). The summed E-state index contributed by atoms with van der Waals surface area (Å²) < 4.78 is 0. The number of hydrogen-bond acceptors (Lipinski definition) is 6. The first-order valence-corrected chi connectivity index (χ1v) is 9.66. The van der Waals surface area contributed by atoms with Crippen LogP contribution in [0, 0.1) is 5.92 Å². The van der Waals surface area contributed by atoms with E-state index in [9.17, 15) is 4.79 Å². The molecule has 0 radical (unpaired) electrons. The monoisotopic (exact) mass is 359 g/mol. The molecule has 142 valence electrons. The Kier molecular flexibility index (Phi) is 5.90. The first kappa shape index (κ1) is 18.4. The third-order valence-electron chi connectivity index (χ3n) is 4.96. The largest absolute Gasteiger partial charge is 0.368 e. The van der Waals surface area contributed by atoms with Crippen LogP contribution in [0.1, 0.15) is 40.0 Å². The topological polar surface area (TPSA) is 90.0 Å². The molecule has 0 aromatic carbocycles. The van der Waals surface area contributed by atoms with Crippen LogP contribution in [0.2, 0.25) is 0 Å². The van der Waals surface area contributed by atoms with E-state index in [1.54, 1.807) is 0 Å². The summed E-state index contributed by atoms with van der Waals surface area (Å²) in [7, 11) is 0. The average molecular weight is 359 g/mol. The van der Waals surface area contributed by atoms with Gasteiger partial charge in [0.2, 0.25) is 11.9 Å². The third-order valence-corrected chi connectivity index (χ3v) is 4.96. The Labute approximate surface area is 154 Å². The molecule has 2 aromatic rings. The van der Waals surface area contributed by atoms with E-state index in [0.717, 1.165) is 62.7 Å². The Bertz CT molecular complexity index is 740. The molecule has 3 heterocycles. The second-order valence-electron chi connectivity index (χ2n) is 6.70. The lowest BCUT2D eigenvalue weighted by molar-refractivity contribution is -0.135. The van der Waals surface area contributed by atoms with E-state index >= 15 is 0 Å². The summed E-state index contributed by atoms with van der Waals surface area (Å²) in [6.45, 7) is 10.1. The lowest BCUT2D eigenvalue weighted by Crippen LogP contribution is -2.45. The number of anilines is 2. The van der Waals surface area contributed by atoms with Gasteiger partial charge in [0.1, 0.15) is 11.8 Å². The predicted molar refractivity (Wildman–Crippen MR) is 103 cm³/mol. The van der Waals surface area contributed by atoms with Crippen LogP contribution in [0.4, 0.5) is 11.8 Å². The van der Waals surface area contributed by atoms with Crippen LogP contribution in [0.25, 0.3) is 11.2 Å². The highest BCUT2D eigenvalue weighted by Crippen LogP contribution is 2.26. The van der Waals surface area contributed by atoms with Crippen molar-refractivity contribution in [1.29, 1.82) is 0 Å². The molecule has 1 aliphatic heterocycles. The fourth-order valence-electron chi connectivity index (χ4n) is 3.51. The summed E-state index contributed by atoms with van der Waals surface area (Å²) >= 11 is 0. The number of nitrogens with one attached hydrogen (secondary N) is 2. The van der Waals surface area contributed by atoms with Crippen molar-refractivity contribution < 1.29 is 4.79 Å². The number of nitrogens with zero attached hydrogens (tertiary/aromatic N) is 5. The zero-order valence-corrected chi connectivity index (χ0v) is 16.0. The van der Waals surface area contributed by atoms with E-state index in [1.807, 2.05) is 18.7 Å². The Balaban J connectivity index is 1.79. The number of aromatic nitrogens is 4. The van der Waals surface area contributed by atoms with Crippen LogP contribution in [-0.4, -0.2) is 63.5 Å². The van der Waals surface area contributed by atoms with Crippen LogP contribution in [0.15, 0.2) is 6.33 Å². The van der Waals surface area contributed by atoms with Gasteiger partial charge in [-0.2, -0.15) is 4.98 Å². The van der Waals surface area contributed by atoms with E-state index < -0.39 is 0 Å². The van der Waals surface area contributed by atoms with Crippen molar-refractivity contribution in [3.8, 4) is 0 Å². The fraction of sp³-hybridized carbons (Fsp3) is 0.667. The third kappa shape index (κ3) is 3.73. The number of carbonyl (C=O) groups is 1. The molecule has 8 nitrogen and oxygen atoms in total. The Hall–Kier alpha value is -2.38. The van der Waals surface area contributed by atoms with Crippen molar-refractivity contribution in [3.63, 3.8) is 0 Å². The Morgan fingerprint density at radius 1 is 1.35 bits per heavy atom. The van der Waals surface area contributed by atoms with Gasteiger partial charge in [-0.3, -0.25) is 4.79 Å². The van der Waals surface area contributed by atoms with Gasteiger partial charge in [-0.1, -0.05) is 6.92 Å². The molecule has 0 saturated carbocycles. The lowest BCUT2D eigenvalue weighted by atomic mass is 9.96. The molecule has 2 N–H and O–H groups in total. The normalized spacial score (nSPS) is 17.5. The molecular weight excluding hydrogens is 330 g/mol. The van der Waals surface area contributed by atoms with E-state index in [0.29, 0.717) is 12.2 Å². The first-order valence-electron chi connectivity index (χ1n) is 9.66. The number of piperidine rings is 1. The molecule has 1 atom stereocenters. The molecule has 26 heavy (non-hydrogen) atoms. The minimum absolute atomic E-state index is 0.0284. The second kappa shape index (κ2) is 8.33. The maximum Gasteiger partial charge on any atom is 0.227 e. The van der Waals surface area contributed by atoms with Crippen molar-refractivity contribution in [2.24, 2.45) is 5.92 Å². The van der Waals surface area contributed by atoms with Crippen molar-refractivity contribution in [2.45, 2.75) is 40.0 Å². The van der Waals surface area contributed by atoms with Gasteiger partial charge in [0.05, 0.1) is 5.92 Å². The SMILES string of the molecule is CCCNc1ncnc2nc(N3CCCC(C(=O)N(CC)CC)C3)[nH]c12. The van der Waals surface area contributed by atoms with Gasteiger partial charge >= 0.3 is 0 Å². The van der Waals surface area contributed by atoms with Crippen LogP contribution in [-0.2, 0) is 4.79 Å². The highest BCUT2D eigenvalue weighted by molar-refractivity contribution is 5.84. The van der Waals surface area contributed by atoms with E-state index in [-0.39, 0.29) is 11.8 Å². The molecular formula is C18H29N7O. The van der Waals surface area contributed by atoms with Gasteiger partial charge in [0, 0.05) is 32.7 Å². The number of aromatic amines is 1. The van der Waals surface area contributed by atoms with Crippen LogP contribution < -0.4 is 10.2 Å². The number of imidazole rings is 1. The highest BCUT2D eigenvalue weighted by atomic mass is 16.2. The van der Waals surface area contributed by atoms with Gasteiger partial charge in [0.15, 0.2) is 11.5 Å². The smallest absolute Gasteiger partial charge is 0.227 e. The van der Waals surface area contributed by atoms with Crippen LogP contribution in [0.3, 0.4) is 0 Å². The van der Waals surface area contributed by atoms with Crippen molar-refractivity contribution in [3.05, 3.63) is 6.33 Å². The number of fused-ring (bicyclic) bond motifs is 1. The summed E-state index contributed by atoms with van der Waals surface area (Å²) in [6.07, 6.45) is 4.48. The minimum Gasteiger partial charge on any atom is -0.368 e. The first-order chi connectivity index (χ1) is 12.7. The molecule has 1 saturated heterocycles. The highest BCUT2D eigenvalue weighted by Gasteiger charge is 2.29. The maximum absolute atomic E-state index is 12.7. The molecule has 1 aliphatic rings. The predicted octanol–water partition coefficient (Wildman–Crippen LogP) is 2.26. The summed E-state index contributed by atoms with van der Waals surface area (Å²) in [5.74, 6) is 1.84. The molecule has 2 aromatic heterocycles. The van der Waals surface area contributed by atoms with Crippen LogP contribution in [0.5, 0.6) is 0 Å². The molecule has 8 heteroatoms. The summed E-state index contributed by atoms with van der Waals surface area (Å²) in [5, 5.41) is 3.31. The van der Waals surface area contributed by atoms with Crippen molar-refractivity contribution in [2.75, 3.05) is 42.9 Å². The summed E-state index contributed by atoms with van der Waals surface area (Å²) in [5.41, 5.74) is 1.49. The molecule has 1 amide bonds. The fourth-order valence-corrected chi connectivity index (χ4v) is 3.51. The quantitative estimate of drug-likeness (QED) is 0.788. The van der Waals surface area contributed by atoms with Crippen LogP contribution >= 0.6 is 0 Å². The van der Waals surface area contributed by atoms with Gasteiger partial charge in [-0.05, 0) is 33.1 Å². The number of amides is 1. The van der Waals surface area contributed by atoms with Crippen molar-refractivity contribution >= 4 is 28.8 Å². The molecule has 0 bridgehead atoms. The van der Waals surface area contributed by atoms with Gasteiger partial charge in [-0.25, -0.2) is 9.97 Å². The Morgan fingerprint density at radius 2 is 2.15 bits per heavy atom. The number of H-pyrrole nitrogens is 1. The summed E-state index contributed by atoms with van der Waals surface area (Å²) in [4.78, 5) is 33.4. The number of rotatable bonds is 7. The molecule has 0 aliphatic carbocycles.